The summed E-state index contributed by atoms with van der Waals surface area (Å²) in [4.78, 5) is 15.9. The fourth-order valence-electron chi connectivity index (χ4n) is 1.50. The van der Waals surface area contributed by atoms with Gasteiger partial charge in [0.05, 0.1) is 5.75 Å². The number of amides is 1. The first-order valence-electron chi connectivity index (χ1n) is 5.87. The average Bonchev–Trinajstić information content (AvgIpc) is 2.32. The Balaban J connectivity index is 2.56. The molecule has 0 fully saturated rings. The number of carbonyl (C=O) groups is 1. The minimum atomic E-state index is -3.49. The SMILES string of the molecule is CCc1cc(C(=O)NCCCS(N)(=O)=O)cc(N)n1. The van der Waals surface area contributed by atoms with Crippen LogP contribution in [0.1, 0.15) is 29.4 Å². The minimum absolute atomic E-state index is 0.161. The Bertz CT molecular complexity index is 557. The molecule has 0 aliphatic carbocycles. The van der Waals surface area contributed by atoms with Crippen LogP contribution in [0.25, 0.3) is 0 Å². The molecular formula is C11H18N4O3S. The van der Waals surface area contributed by atoms with Crippen LogP contribution in [0.4, 0.5) is 5.82 Å². The minimum Gasteiger partial charge on any atom is -0.384 e. The molecule has 1 aromatic rings. The van der Waals surface area contributed by atoms with Gasteiger partial charge < -0.3 is 11.1 Å². The van der Waals surface area contributed by atoms with Gasteiger partial charge in [-0.25, -0.2) is 18.5 Å². The van der Waals surface area contributed by atoms with Gasteiger partial charge in [-0.05, 0) is 25.0 Å². The number of nitrogens with two attached hydrogens (primary N) is 2. The van der Waals surface area contributed by atoms with Crippen LogP contribution in [0, 0.1) is 0 Å². The number of pyridine rings is 1. The maximum atomic E-state index is 11.8. The van der Waals surface area contributed by atoms with Crippen molar-refractivity contribution in [3.05, 3.63) is 23.4 Å². The van der Waals surface area contributed by atoms with Gasteiger partial charge in [0.15, 0.2) is 0 Å². The molecule has 0 saturated heterocycles. The zero-order valence-corrected chi connectivity index (χ0v) is 11.5. The molecule has 1 aromatic heterocycles. The smallest absolute Gasteiger partial charge is 0.251 e. The van der Waals surface area contributed by atoms with Crippen molar-refractivity contribution in [3.8, 4) is 0 Å². The van der Waals surface area contributed by atoms with E-state index in [2.05, 4.69) is 10.3 Å². The molecule has 0 atom stereocenters. The summed E-state index contributed by atoms with van der Waals surface area (Å²) >= 11 is 0. The number of nitrogen functional groups attached to an aromatic ring is 1. The van der Waals surface area contributed by atoms with Crippen LogP contribution < -0.4 is 16.2 Å². The molecule has 0 spiro atoms. The molecule has 0 aliphatic heterocycles. The van der Waals surface area contributed by atoms with E-state index in [-0.39, 0.29) is 30.4 Å². The summed E-state index contributed by atoms with van der Waals surface area (Å²) in [5, 5.41) is 7.46. The molecule has 0 unspecified atom stereocenters. The maximum Gasteiger partial charge on any atom is 0.251 e. The number of aromatic nitrogens is 1. The van der Waals surface area contributed by atoms with E-state index in [4.69, 9.17) is 10.9 Å². The van der Waals surface area contributed by atoms with E-state index in [1.807, 2.05) is 6.92 Å². The Hall–Kier alpha value is -1.67. The van der Waals surface area contributed by atoms with Gasteiger partial charge in [-0.2, -0.15) is 0 Å². The third kappa shape index (κ3) is 5.66. The van der Waals surface area contributed by atoms with Crippen LogP contribution in [0.15, 0.2) is 12.1 Å². The lowest BCUT2D eigenvalue weighted by Gasteiger charge is -2.07. The Morgan fingerprint density at radius 2 is 2.11 bits per heavy atom. The predicted octanol–water partition coefficient (Wildman–Crippen LogP) is -0.365. The van der Waals surface area contributed by atoms with Gasteiger partial charge in [0.25, 0.3) is 5.91 Å². The van der Waals surface area contributed by atoms with Crippen molar-refractivity contribution in [1.29, 1.82) is 0 Å². The second kappa shape index (κ2) is 6.48. The van der Waals surface area contributed by atoms with Gasteiger partial charge in [0.1, 0.15) is 5.82 Å². The van der Waals surface area contributed by atoms with Crippen LogP contribution in [0.2, 0.25) is 0 Å². The normalized spacial score (nSPS) is 11.3. The maximum absolute atomic E-state index is 11.8. The van der Waals surface area contributed by atoms with E-state index in [1.165, 1.54) is 6.07 Å². The molecule has 1 rings (SSSR count). The molecule has 8 heteroatoms. The van der Waals surface area contributed by atoms with Crippen LogP contribution in [-0.4, -0.2) is 31.6 Å². The number of hydrogen-bond donors (Lipinski definition) is 3. The van der Waals surface area contributed by atoms with Crippen molar-refractivity contribution in [2.75, 3.05) is 18.0 Å². The lowest BCUT2D eigenvalue weighted by Crippen LogP contribution is -2.27. The van der Waals surface area contributed by atoms with E-state index in [0.29, 0.717) is 12.0 Å². The summed E-state index contributed by atoms with van der Waals surface area (Å²) < 4.78 is 21.4. The number of aryl methyl sites for hydroxylation is 1. The third-order valence-electron chi connectivity index (χ3n) is 2.41. The van der Waals surface area contributed by atoms with E-state index >= 15 is 0 Å². The number of nitrogens with one attached hydrogen (secondary N) is 1. The predicted molar refractivity (Wildman–Crippen MR) is 73.0 cm³/mol. The zero-order valence-electron chi connectivity index (χ0n) is 10.7. The Morgan fingerprint density at radius 3 is 2.68 bits per heavy atom. The van der Waals surface area contributed by atoms with Gasteiger partial charge in [0.2, 0.25) is 10.0 Å². The number of hydrogen-bond acceptors (Lipinski definition) is 5. The Labute approximate surface area is 112 Å². The molecule has 106 valence electrons. The van der Waals surface area contributed by atoms with Crippen LogP contribution in [-0.2, 0) is 16.4 Å². The molecule has 19 heavy (non-hydrogen) atoms. The molecule has 0 saturated carbocycles. The average molecular weight is 286 g/mol. The molecule has 0 aliphatic rings. The van der Waals surface area contributed by atoms with Gasteiger partial charge in [-0.3, -0.25) is 4.79 Å². The number of nitrogens with zero attached hydrogens (tertiary/aromatic N) is 1. The molecule has 0 aromatic carbocycles. The summed E-state index contributed by atoms with van der Waals surface area (Å²) in [6.45, 7) is 2.15. The van der Waals surface area contributed by atoms with Crippen molar-refractivity contribution >= 4 is 21.7 Å². The topological polar surface area (TPSA) is 128 Å². The van der Waals surface area contributed by atoms with Crippen LogP contribution in [0.3, 0.4) is 0 Å². The van der Waals surface area contributed by atoms with Crippen molar-refractivity contribution in [1.82, 2.24) is 10.3 Å². The van der Waals surface area contributed by atoms with E-state index in [9.17, 15) is 13.2 Å². The quantitative estimate of drug-likeness (QED) is 0.615. The van der Waals surface area contributed by atoms with Gasteiger partial charge in [0, 0.05) is 17.8 Å². The molecule has 7 nitrogen and oxygen atoms in total. The summed E-state index contributed by atoms with van der Waals surface area (Å²) in [5.41, 5.74) is 6.75. The lowest BCUT2D eigenvalue weighted by molar-refractivity contribution is 0.0953. The highest BCUT2D eigenvalue weighted by Crippen LogP contribution is 2.08. The largest absolute Gasteiger partial charge is 0.384 e. The van der Waals surface area contributed by atoms with Crippen molar-refractivity contribution in [2.24, 2.45) is 5.14 Å². The van der Waals surface area contributed by atoms with Crippen molar-refractivity contribution in [3.63, 3.8) is 0 Å². The molecule has 1 heterocycles. The molecule has 5 N–H and O–H groups in total. The fraction of sp³-hybridized carbons (Fsp3) is 0.455. The van der Waals surface area contributed by atoms with E-state index in [1.54, 1.807) is 6.07 Å². The fourth-order valence-corrected chi connectivity index (χ4v) is 2.05. The van der Waals surface area contributed by atoms with Crippen molar-refractivity contribution in [2.45, 2.75) is 19.8 Å². The van der Waals surface area contributed by atoms with E-state index < -0.39 is 10.0 Å². The third-order valence-corrected chi connectivity index (χ3v) is 3.27. The van der Waals surface area contributed by atoms with Crippen LogP contribution in [0.5, 0.6) is 0 Å². The lowest BCUT2D eigenvalue weighted by atomic mass is 10.2. The Morgan fingerprint density at radius 1 is 1.42 bits per heavy atom. The standard InChI is InChI=1S/C11H18N4O3S/c1-2-9-6-8(7-10(12)15-9)11(16)14-4-3-5-19(13,17)18/h6-7H,2-5H2,1H3,(H2,12,15)(H,14,16)(H2,13,17,18). The number of anilines is 1. The molecule has 1 amide bonds. The van der Waals surface area contributed by atoms with Gasteiger partial charge >= 0.3 is 0 Å². The van der Waals surface area contributed by atoms with E-state index in [0.717, 1.165) is 5.69 Å². The number of carbonyl (C=O) groups excluding carboxylic acids is 1. The molecule has 0 bridgehead atoms. The molecular weight excluding hydrogens is 268 g/mol. The Kier molecular flexibility index (Phi) is 5.25. The number of primary sulfonamides is 1. The van der Waals surface area contributed by atoms with Crippen molar-refractivity contribution < 1.29 is 13.2 Å². The molecule has 0 radical (unpaired) electrons. The second-order valence-electron chi connectivity index (χ2n) is 4.10. The summed E-state index contributed by atoms with van der Waals surface area (Å²) in [7, 11) is -3.49. The first-order chi connectivity index (χ1) is 8.81. The zero-order chi connectivity index (χ0) is 14.5. The summed E-state index contributed by atoms with van der Waals surface area (Å²) in [6.07, 6.45) is 0.947. The highest BCUT2D eigenvalue weighted by Gasteiger charge is 2.09. The summed E-state index contributed by atoms with van der Waals surface area (Å²) in [6, 6.07) is 3.14. The monoisotopic (exact) mass is 286 g/mol. The first kappa shape index (κ1) is 15.4. The second-order valence-corrected chi connectivity index (χ2v) is 5.84. The van der Waals surface area contributed by atoms with Gasteiger partial charge in [-0.1, -0.05) is 6.92 Å². The highest BCUT2D eigenvalue weighted by atomic mass is 32.2. The number of sulfonamides is 1. The number of rotatable bonds is 6. The van der Waals surface area contributed by atoms with Crippen LogP contribution >= 0.6 is 0 Å². The first-order valence-corrected chi connectivity index (χ1v) is 7.58. The van der Waals surface area contributed by atoms with Gasteiger partial charge in [-0.15, -0.1) is 0 Å². The summed E-state index contributed by atoms with van der Waals surface area (Å²) in [5.74, 6) is -0.182. The highest BCUT2D eigenvalue weighted by molar-refractivity contribution is 7.89.